The monoisotopic (exact) mass is 346 g/mol. The molecule has 2 aromatic rings. The van der Waals surface area contributed by atoms with Crippen LogP contribution in [0.15, 0.2) is 30.5 Å². The molecule has 0 fully saturated rings. The Morgan fingerprint density at radius 3 is 2.62 bits per heavy atom. The van der Waals surface area contributed by atoms with Crippen LogP contribution < -0.4 is 4.72 Å². The minimum Gasteiger partial charge on any atom is -0.504 e. The predicted molar refractivity (Wildman–Crippen MR) is 83.3 cm³/mol. The van der Waals surface area contributed by atoms with Crippen molar-refractivity contribution in [2.45, 2.75) is 12.7 Å². The standard InChI is InChI=1S/C13H12Cl2N2O3S/c1-8-2-3-10(14)4-9(8)7-21(19,20)17-13-12(18)5-11(15)6-16-13/h2-6,18H,7H2,1H3,(H,16,17). The van der Waals surface area contributed by atoms with Crippen molar-refractivity contribution in [2.75, 3.05) is 4.72 Å². The predicted octanol–water partition coefficient (Wildman–Crippen LogP) is 3.34. The Labute approximate surface area is 132 Å². The summed E-state index contributed by atoms with van der Waals surface area (Å²) in [6.07, 6.45) is 1.24. The van der Waals surface area contributed by atoms with Gasteiger partial charge in [0.2, 0.25) is 10.0 Å². The van der Waals surface area contributed by atoms with Gasteiger partial charge < -0.3 is 5.11 Å². The third kappa shape index (κ3) is 4.23. The highest BCUT2D eigenvalue weighted by molar-refractivity contribution is 7.91. The number of nitrogens with zero attached hydrogens (tertiary/aromatic N) is 1. The number of aromatic hydroxyl groups is 1. The van der Waals surface area contributed by atoms with Crippen molar-refractivity contribution in [3.05, 3.63) is 51.6 Å². The van der Waals surface area contributed by atoms with Crippen molar-refractivity contribution in [2.24, 2.45) is 0 Å². The summed E-state index contributed by atoms with van der Waals surface area (Å²) < 4.78 is 26.5. The van der Waals surface area contributed by atoms with Gasteiger partial charge in [-0.1, -0.05) is 29.3 Å². The molecular formula is C13H12Cl2N2O3S. The Hall–Kier alpha value is -1.50. The maximum absolute atomic E-state index is 12.1. The van der Waals surface area contributed by atoms with Crippen LogP contribution >= 0.6 is 23.2 Å². The first-order valence-electron chi connectivity index (χ1n) is 5.87. The number of benzene rings is 1. The number of sulfonamides is 1. The third-order valence-electron chi connectivity index (χ3n) is 2.74. The lowest BCUT2D eigenvalue weighted by Gasteiger charge is -2.10. The van der Waals surface area contributed by atoms with Crippen LogP contribution in [0.2, 0.25) is 10.0 Å². The first-order valence-corrected chi connectivity index (χ1v) is 8.28. The lowest BCUT2D eigenvalue weighted by Crippen LogP contribution is -2.16. The Kier molecular flexibility index (Phi) is 4.61. The molecule has 0 saturated carbocycles. The summed E-state index contributed by atoms with van der Waals surface area (Å²) in [5.41, 5.74) is 1.38. The molecule has 1 heterocycles. The highest BCUT2D eigenvalue weighted by Gasteiger charge is 2.16. The number of pyridine rings is 1. The van der Waals surface area contributed by atoms with E-state index in [1.165, 1.54) is 12.3 Å². The molecule has 0 aliphatic carbocycles. The molecule has 2 N–H and O–H groups in total. The Morgan fingerprint density at radius 2 is 1.95 bits per heavy atom. The molecule has 8 heteroatoms. The van der Waals surface area contributed by atoms with E-state index in [2.05, 4.69) is 9.71 Å². The average Bonchev–Trinajstić information content (AvgIpc) is 2.37. The maximum atomic E-state index is 12.1. The van der Waals surface area contributed by atoms with Crippen molar-refractivity contribution in [1.29, 1.82) is 0 Å². The van der Waals surface area contributed by atoms with Crippen molar-refractivity contribution < 1.29 is 13.5 Å². The van der Waals surface area contributed by atoms with Gasteiger partial charge in [-0.3, -0.25) is 4.72 Å². The summed E-state index contributed by atoms with van der Waals surface area (Å²) in [6.45, 7) is 1.79. The van der Waals surface area contributed by atoms with Crippen LogP contribution in [0.25, 0.3) is 0 Å². The molecule has 0 bridgehead atoms. The number of aryl methyl sites for hydroxylation is 1. The number of rotatable bonds is 4. The van der Waals surface area contributed by atoms with Crippen LogP contribution in [0.5, 0.6) is 5.75 Å². The third-order valence-corrected chi connectivity index (χ3v) is 4.38. The van der Waals surface area contributed by atoms with Crippen LogP contribution in [0.4, 0.5) is 5.82 Å². The van der Waals surface area contributed by atoms with E-state index < -0.39 is 10.0 Å². The largest absolute Gasteiger partial charge is 0.504 e. The van der Waals surface area contributed by atoms with Gasteiger partial charge in [0, 0.05) is 17.3 Å². The van der Waals surface area contributed by atoms with E-state index in [4.69, 9.17) is 23.2 Å². The minimum absolute atomic E-state index is 0.168. The molecule has 0 amide bonds. The molecule has 0 aliphatic heterocycles. The summed E-state index contributed by atoms with van der Waals surface area (Å²) in [5, 5.41) is 10.3. The van der Waals surface area contributed by atoms with E-state index in [1.54, 1.807) is 25.1 Å². The van der Waals surface area contributed by atoms with Crippen LogP contribution in [0, 0.1) is 6.92 Å². The van der Waals surface area contributed by atoms with Crippen molar-refractivity contribution in [3.8, 4) is 5.75 Å². The molecule has 5 nitrogen and oxygen atoms in total. The quantitative estimate of drug-likeness (QED) is 0.889. The van der Waals surface area contributed by atoms with Gasteiger partial charge >= 0.3 is 0 Å². The average molecular weight is 347 g/mol. The van der Waals surface area contributed by atoms with E-state index in [9.17, 15) is 13.5 Å². The van der Waals surface area contributed by atoms with E-state index in [1.807, 2.05) is 0 Å². The molecule has 0 unspecified atom stereocenters. The molecule has 0 radical (unpaired) electrons. The second-order valence-corrected chi connectivity index (χ2v) is 7.05. The molecule has 0 aliphatic rings. The van der Waals surface area contributed by atoms with Gasteiger partial charge in [0.05, 0.1) is 10.8 Å². The van der Waals surface area contributed by atoms with E-state index in [-0.39, 0.29) is 22.3 Å². The van der Waals surface area contributed by atoms with E-state index in [0.717, 1.165) is 5.56 Å². The smallest absolute Gasteiger partial charge is 0.238 e. The summed E-state index contributed by atoms with van der Waals surface area (Å²) in [4.78, 5) is 3.75. The fourth-order valence-corrected chi connectivity index (χ4v) is 3.28. The fourth-order valence-electron chi connectivity index (χ4n) is 1.69. The molecule has 0 spiro atoms. The van der Waals surface area contributed by atoms with Gasteiger partial charge in [-0.15, -0.1) is 0 Å². The molecule has 0 saturated heterocycles. The zero-order chi connectivity index (χ0) is 15.6. The topological polar surface area (TPSA) is 79.3 Å². The lowest BCUT2D eigenvalue weighted by molar-refractivity contribution is 0.475. The number of nitrogens with one attached hydrogen (secondary N) is 1. The SMILES string of the molecule is Cc1ccc(Cl)cc1CS(=O)(=O)Nc1ncc(Cl)cc1O. The van der Waals surface area contributed by atoms with Gasteiger partial charge in [0.15, 0.2) is 11.6 Å². The van der Waals surface area contributed by atoms with E-state index >= 15 is 0 Å². The normalized spacial score (nSPS) is 11.4. The molecular weight excluding hydrogens is 335 g/mol. The molecule has 1 aromatic heterocycles. The zero-order valence-electron chi connectivity index (χ0n) is 11.0. The van der Waals surface area contributed by atoms with Gasteiger partial charge in [-0.25, -0.2) is 13.4 Å². The van der Waals surface area contributed by atoms with Gasteiger partial charge in [-0.2, -0.15) is 0 Å². The lowest BCUT2D eigenvalue weighted by atomic mass is 10.1. The summed E-state index contributed by atoms with van der Waals surface area (Å²) in [7, 11) is -3.74. The highest BCUT2D eigenvalue weighted by atomic mass is 35.5. The van der Waals surface area contributed by atoms with Crippen molar-refractivity contribution >= 4 is 39.0 Å². The Balaban J connectivity index is 2.24. The maximum Gasteiger partial charge on any atom is 0.238 e. The number of hydrogen-bond acceptors (Lipinski definition) is 4. The second kappa shape index (κ2) is 6.09. The fraction of sp³-hybridized carbons (Fsp3) is 0.154. The number of anilines is 1. The minimum atomic E-state index is -3.74. The van der Waals surface area contributed by atoms with Crippen LogP contribution in [-0.4, -0.2) is 18.5 Å². The van der Waals surface area contributed by atoms with Crippen LogP contribution in [-0.2, 0) is 15.8 Å². The van der Waals surface area contributed by atoms with E-state index in [0.29, 0.717) is 10.6 Å². The van der Waals surface area contributed by atoms with Gasteiger partial charge in [-0.05, 0) is 30.2 Å². The molecule has 1 aromatic carbocycles. The number of halogens is 2. The highest BCUT2D eigenvalue weighted by Crippen LogP contribution is 2.25. The summed E-state index contributed by atoms with van der Waals surface area (Å²) in [5.74, 6) is -0.781. The number of hydrogen-bond donors (Lipinski definition) is 2. The first kappa shape index (κ1) is 15.9. The van der Waals surface area contributed by atoms with Crippen molar-refractivity contribution in [1.82, 2.24) is 4.98 Å². The Morgan fingerprint density at radius 1 is 1.24 bits per heavy atom. The Bertz CT molecular complexity index is 779. The summed E-state index contributed by atoms with van der Waals surface area (Å²) in [6, 6.07) is 6.22. The number of aromatic nitrogens is 1. The van der Waals surface area contributed by atoms with Crippen LogP contribution in [0.3, 0.4) is 0 Å². The zero-order valence-corrected chi connectivity index (χ0v) is 13.3. The molecule has 0 atom stereocenters. The van der Waals surface area contributed by atoms with Gasteiger partial charge in [0.1, 0.15) is 0 Å². The molecule has 112 valence electrons. The first-order chi connectivity index (χ1) is 9.77. The van der Waals surface area contributed by atoms with Gasteiger partial charge in [0.25, 0.3) is 0 Å². The second-order valence-electron chi connectivity index (χ2n) is 4.45. The molecule has 21 heavy (non-hydrogen) atoms. The molecule has 2 rings (SSSR count). The summed E-state index contributed by atoms with van der Waals surface area (Å²) >= 11 is 11.5. The van der Waals surface area contributed by atoms with Crippen molar-refractivity contribution in [3.63, 3.8) is 0 Å². The van der Waals surface area contributed by atoms with Crippen LogP contribution in [0.1, 0.15) is 11.1 Å².